The van der Waals surface area contributed by atoms with E-state index in [4.69, 9.17) is 14.6 Å². The van der Waals surface area contributed by atoms with Gasteiger partial charge in [0.1, 0.15) is 0 Å². The van der Waals surface area contributed by atoms with E-state index in [0.29, 0.717) is 6.61 Å². The number of rotatable bonds is 6. The minimum absolute atomic E-state index is 0.369. The average Bonchev–Trinajstić information content (AvgIpc) is 2.14. The highest BCUT2D eigenvalue weighted by molar-refractivity contribution is 5.70. The van der Waals surface area contributed by atoms with Gasteiger partial charge < -0.3 is 14.6 Å². The van der Waals surface area contributed by atoms with Crippen LogP contribution in [0.2, 0.25) is 0 Å². The second kappa shape index (κ2) is 4.94. The number of ether oxygens (including phenoxy) is 2. The van der Waals surface area contributed by atoms with E-state index < -0.39 is 23.1 Å². The number of carboxylic acid groups (broad SMARTS) is 1. The molecule has 0 aromatic carbocycles. The Morgan fingerprint density at radius 2 is 1.80 bits per heavy atom. The van der Waals surface area contributed by atoms with Crippen molar-refractivity contribution in [2.75, 3.05) is 13.7 Å². The zero-order valence-electron chi connectivity index (χ0n) is 10.5. The van der Waals surface area contributed by atoms with Crippen molar-refractivity contribution >= 4 is 5.97 Å². The molecule has 1 N–H and O–H groups in total. The summed E-state index contributed by atoms with van der Waals surface area (Å²) in [6.07, 6.45) is 0. The molecule has 0 aromatic heterocycles. The lowest BCUT2D eigenvalue weighted by molar-refractivity contribution is -0.161. The van der Waals surface area contributed by atoms with Gasteiger partial charge in [-0.05, 0) is 34.6 Å². The van der Waals surface area contributed by atoms with E-state index in [0.717, 1.165) is 0 Å². The van der Waals surface area contributed by atoms with Crippen molar-refractivity contribution < 1.29 is 19.4 Å². The Kier molecular flexibility index (Phi) is 4.74. The van der Waals surface area contributed by atoms with Gasteiger partial charge in [0.05, 0.1) is 23.7 Å². The Bertz CT molecular complexity index is 221. The molecule has 0 amide bonds. The summed E-state index contributed by atoms with van der Waals surface area (Å²) in [6.45, 7) is 9.36. The maximum atomic E-state index is 10.8. The van der Waals surface area contributed by atoms with Crippen LogP contribution in [0.4, 0.5) is 0 Å². The van der Waals surface area contributed by atoms with Crippen LogP contribution in [0, 0.1) is 5.92 Å². The van der Waals surface area contributed by atoms with Crippen molar-refractivity contribution in [2.45, 2.75) is 45.8 Å². The summed E-state index contributed by atoms with van der Waals surface area (Å²) in [6, 6.07) is 0. The molecule has 1 unspecified atom stereocenters. The number of aliphatic carboxylic acids is 1. The molecule has 0 saturated heterocycles. The quantitative estimate of drug-likeness (QED) is 0.740. The first-order chi connectivity index (χ1) is 6.62. The molecule has 0 aromatic rings. The molecular formula is C11H22O4. The van der Waals surface area contributed by atoms with E-state index in [1.807, 2.05) is 13.8 Å². The predicted octanol–water partition coefficient (Wildman–Crippen LogP) is 1.93. The van der Waals surface area contributed by atoms with Gasteiger partial charge in [-0.15, -0.1) is 0 Å². The molecule has 15 heavy (non-hydrogen) atoms. The van der Waals surface area contributed by atoms with E-state index in [2.05, 4.69) is 0 Å². The van der Waals surface area contributed by atoms with Crippen molar-refractivity contribution in [3.8, 4) is 0 Å². The summed E-state index contributed by atoms with van der Waals surface area (Å²) in [7, 11) is 1.61. The minimum Gasteiger partial charge on any atom is -0.481 e. The highest BCUT2D eigenvalue weighted by Crippen LogP contribution is 2.23. The van der Waals surface area contributed by atoms with Gasteiger partial charge >= 0.3 is 5.97 Å². The summed E-state index contributed by atoms with van der Waals surface area (Å²) in [5.74, 6) is -1.40. The molecule has 0 heterocycles. The van der Waals surface area contributed by atoms with Gasteiger partial charge in [-0.2, -0.15) is 0 Å². The lowest BCUT2D eigenvalue weighted by Gasteiger charge is -2.33. The van der Waals surface area contributed by atoms with E-state index in [1.165, 1.54) is 0 Å². The van der Waals surface area contributed by atoms with Gasteiger partial charge in [-0.25, -0.2) is 0 Å². The number of methoxy groups -OCH3 is 1. The maximum Gasteiger partial charge on any atom is 0.309 e. The molecule has 0 aliphatic heterocycles. The normalized spacial score (nSPS) is 15.1. The second-order valence-corrected chi connectivity index (χ2v) is 4.92. The first-order valence-corrected chi connectivity index (χ1v) is 5.04. The fraction of sp³-hybridized carbons (Fsp3) is 0.909. The predicted molar refractivity (Wildman–Crippen MR) is 57.9 cm³/mol. The van der Waals surface area contributed by atoms with E-state index in [9.17, 15) is 4.79 Å². The Labute approximate surface area is 91.6 Å². The zero-order chi connectivity index (χ0) is 12.3. The van der Waals surface area contributed by atoms with Crippen LogP contribution in [0.15, 0.2) is 0 Å². The lowest BCUT2D eigenvalue weighted by atomic mass is 9.92. The van der Waals surface area contributed by atoms with Crippen LogP contribution in [-0.2, 0) is 14.3 Å². The topological polar surface area (TPSA) is 55.8 Å². The smallest absolute Gasteiger partial charge is 0.309 e. The Morgan fingerprint density at radius 1 is 1.33 bits per heavy atom. The summed E-state index contributed by atoms with van der Waals surface area (Å²) in [5, 5.41) is 8.89. The van der Waals surface area contributed by atoms with Crippen LogP contribution in [0.1, 0.15) is 34.6 Å². The molecule has 0 aliphatic carbocycles. The summed E-state index contributed by atoms with van der Waals surface area (Å²) >= 11 is 0. The largest absolute Gasteiger partial charge is 0.481 e. The van der Waals surface area contributed by atoms with E-state index in [-0.39, 0.29) is 0 Å². The van der Waals surface area contributed by atoms with Crippen LogP contribution in [0.5, 0.6) is 0 Å². The molecule has 0 bridgehead atoms. The fourth-order valence-electron chi connectivity index (χ4n) is 0.841. The number of hydrogen-bond acceptors (Lipinski definition) is 3. The molecule has 90 valence electrons. The van der Waals surface area contributed by atoms with Gasteiger partial charge in [0.2, 0.25) is 0 Å². The average molecular weight is 218 g/mol. The van der Waals surface area contributed by atoms with Crippen LogP contribution < -0.4 is 0 Å². The number of carbonyl (C=O) groups is 1. The fourth-order valence-corrected chi connectivity index (χ4v) is 0.841. The Hall–Kier alpha value is -0.610. The van der Waals surface area contributed by atoms with Crippen molar-refractivity contribution in [3.63, 3.8) is 0 Å². The molecule has 0 fully saturated rings. The van der Waals surface area contributed by atoms with Gasteiger partial charge in [0.15, 0.2) is 0 Å². The van der Waals surface area contributed by atoms with Gasteiger partial charge in [-0.1, -0.05) is 0 Å². The van der Waals surface area contributed by atoms with E-state index in [1.54, 1.807) is 27.9 Å². The SMILES string of the molecule is COC(C)(C)COC(C)(C)C(C)C(=O)O. The van der Waals surface area contributed by atoms with Crippen LogP contribution in [0.25, 0.3) is 0 Å². The molecule has 4 nitrogen and oxygen atoms in total. The van der Waals surface area contributed by atoms with Crippen molar-refractivity contribution in [1.82, 2.24) is 0 Å². The van der Waals surface area contributed by atoms with Crippen molar-refractivity contribution in [3.05, 3.63) is 0 Å². The molecule has 4 heteroatoms. The third kappa shape index (κ3) is 4.62. The molecule has 0 aliphatic rings. The van der Waals surface area contributed by atoms with Gasteiger partial charge in [0, 0.05) is 7.11 Å². The second-order valence-electron chi connectivity index (χ2n) is 4.92. The highest BCUT2D eigenvalue weighted by Gasteiger charge is 2.34. The molecule has 0 radical (unpaired) electrons. The Balaban J connectivity index is 4.33. The van der Waals surface area contributed by atoms with E-state index >= 15 is 0 Å². The highest BCUT2D eigenvalue weighted by atomic mass is 16.5. The van der Waals surface area contributed by atoms with Crippen LogP contribution in [-0.4, -0.2) is 36.0 Å². The first kappa shape index (κ1) is 14.4. The van der Waals surface area contributed by atoms with Crippen LogP contribution >= 0.6 is 0 Å². The number of hydrogen-bond donors (Lipinski definition) is 1. The lowest BCUT2D eigenvalue weighted by Crippen LogP contribution is -2.42. The minimum atomic E-state index is -0.852. The molecular weight excluding hydrogens is 196 g/mol. The summed E-state index contributed by atoms with van der Waals surface area (Å²) < 4.78 is 10.8. The zero-order valence-corrected chi connectivity index (χ0v) is 10.5. The maximum absolute atomic E-state index is 10.8. The Morgan fingerprint density at radius 3 is 2.13 bits per heavy atom. The third-order valence-electron chi connectivity index (χ3n) is 2.76. The van der Waals surface area contributed by atoms with Crippen LogP contribution in [0.3, 0.4) is 0 Å². The molecule has 0 rings (SSSR count). The van der Waals surface area contributed by atoms with Gasteiger partial charge in [-0.3, -0.25) is 4.79 Å². The summed E-state index contributed by atoms with van der Waals surface area (Å²) in [4.78, 5) is 10.8. The van der Waals surface area contributed by atoms with Crippen molar-refractivity contribution in [1.29, 1.82) is 0 Å². The standard InChI is InChI=1S/C11H22O4/c1-8(9(12)13)11(4,5)15-7-10(2,3)14-6/h8H,7H2,1-6H3,(H,12,13). The number of carboxylic acids is 1. The molecule has 0 saturated carbocycles. The summed E-state index contributed by atoms with van der Waals surface area (Å²) in [5.41, 5.74) is -1.09. The third-order valence-corrected chi connectivity index (χ3v) is 2.76. The monoisotopic (exact) mass is 218 g/mol. The first-order valence-electron chi connectivity index (χ1n) is 5.04. The van der Waals surface area contributed by atoms with Gasteiger partial charge in [0.25, 0.3) is 0 Å². The van der Waals surface area contributed by atoms with Crippen molar-refractivity contribution in [2.24, 2.45) is 5.92 Å². The molecule has 1 atom stereocenters. The molecule has 0 spiro atoms.